The molecular formula is C20H28BrNO4. The average Bonchev–Trinajstić information content (AvgIpc) is 2.84. The Labute approximate surface area is 164 Å². The third-order valence-electron chi connectivity index (χ3n) is 5.37. The molecule has 3 rings (SSSR count). The van der Waals surface area contributed by atoms with Crippen LogP contribution in [0.15, 0.2) is 22.7 Å². The topological polar surface area (TPSA) is 48.0 Å². The second-order valence-corrected chi connectivity index (χ2v) is 7.89. The van der Waals surface area contributed by atoms with Crippen molar-refractivity contribution in [3.8, 4) is 5.75 Å². The van der Waals surface area contributed by atoms with Crippen LogP contribution in [0.5, 0.6) is 5.75 Å². The van der Waals surface area contributed by atoms with Crippen LogP contribution in [0, 0.1) is 6.92 Å². The van der Waals surface area contributed by atoms with E-state index in [1.165, 1.54) is 0 Å². The Morgan fingerprint density at radius 1 is 1.23 bits per heavy atom. The summed E-state index contributed by atoms with van der Waals surface area (Å²) >= 11 is 3.52. The summed E-state index contributed by atoms with van der Waals surface area (Å²) in [5.41, 5.74) is 1.11. The van der Waals surface area contributed by atoms with Crippen molar-refractivity contribution in [3.05, 3.63) is 28.2 Å². The number of piperidine rings is 1. The number of benzene rings is 1. The zero-order valence-electron chi connectivity index (χ0n) is 15.6. The van der Waals surface area contributed by atoms with Gasteiger partial charge in [0.1, 0.15) is 12.4 Å². The summed E-state index contributed by atoms with van der Waals surface area (Å²) in [5, 5.41) is 0. The van der Waals surface area contributed by atoms with E-state index in [1.54, 1.807) is 0 Å². The van der Waals surface area contributed by atoms with Crippen LogP contribution in [0.25, 0.3) is 0 Å². The zero-order valence-corrected chi connectivity index (χ0v) is 17.2. The molecule has 26 heavy (non-hydrogen) atoms. The molecule has 144 valence electrons. The summed E-state index contributed by atoms with van der Waals surface area (Å²) in [4.78, 5) is 14.1. The Morgan fingerprint density at radius 2 is 1.96 bits per heavy atom. The fraction of sp³-hybridized carbons (Fsp3) is 0.650. The molecule has 1 aromatic carbocycles. The first kappa shape index (κ1) is 19.6. The first-order valence-corrected chi connectivity index (χ1v) is 10.3. The van der Waals surface area contributed by atoms with Crippen LogP contribution in [-0.2, 0) is 14.3 Å². The maximum atomic E-state index is 11.8. The van der Waals surface area contributed by atoms with Gasteiger partial charge in [-0.1, -0.05) is 22.0 Å². The van der Waals surface area contributed by atoms with E-state index in [2.05, 4.69) is 20.8 Å². The SMILES string of the molecule is CCOC(=O)CN1[C@@H]2CC[C@H]1CC(OCCOc1cccc(Br)c1C)C2. The van der Waals surface area contributed by atoms with Crippen LogP contribution in [0.1, 0.15) is 38.2 Å². The average molecular weight is 426 g/mol. The second kappa shape index (κ2) is 9.20. The third kappa shape index (κ3) is 4.78. The molecule has 5 nitrogen and oxygen atoms in total. The van der Waals surface area contributed by atoms with Gasteiger partial charge < -0.3 is 14.2 Å². The molecule has 0 aliphatic carbocycles. The van der Waals surface area contributed by atoms with Crippen LogP contribution in [0.2, 0.25) is 0 Å². The summed E-state index contributed by atoms with van der Waals surface area (Å²) in [6, 6.07) is 6.85. The van der Waals surface area contributed by atoms with Gasteiger partial charge >= 0.3 is 5.97 Å². The number of ether oxygens (including phenoxy) is 3. The first-order chi connectivity index (χ1) is 12.6. The van der Waals surface area contributed by atoms with Gasteiger partial charge in [-0.3, -0.25) is 9.69 Å². The minimum atomic E-state index is -0.110. The van der Waals surface area contributed by atoms with Gasteiger partial charge in [-0.05, 0) is 51.7 Å². The molecule has 2 aliphatic heterocycles. The lowest BCUT2D eigenvalue weighted by Crippen LogP contribution is -2.48. The van der Waals surface area contributed by atoms with Crippen molar-refractivity contribution in [2.75, 3.05) is 26.4 Å². The largest absolute Gasteiger partial charge is 0.491 e. The minimum absolute atomic E-state index is 0.110. The van der Waals surface area contributed by atoms with E-state index in [-0.39, 0.29) is 12.1 Å². The normalized spacial score (nSPS) is 25.3. The molecule has 2 saturated heterocycles. The van der Waals surface area contributed by atoms with E-state index in [1.807, 2.05) is 32.0 Å². The van der Waals surface area contributed by atoms with E-state index in [4.69, 9.17) is 14.2 Å². The van der Waals surface area contributed by atoms with Gasteiger partial charge in [-0.2, -0.15) is 0 Å². The highest BCUT2D eigenvalue weighted by Crippen LogP contribution is 2.36. The number of carbonyl (C=O) groups excluding carboxylic acids is 1. The van der Waals surface area contributed by atoms with Crippen LogP contribution in [0.3, 0.4) is 0 Å². The van der Waals surface area contributed by atoms with Gasteiger partial charge in [0.15, 0.2) is 0 Å². The molecule has 3 atom stereocenters. The molecular weight excluding hydrogens is 398 g/mol. The summed E-state index contributed by atoms with van der Waals surface area (Å²) in [6.07, 6.45) is 4.55. The molecule has 2 heterocycles. The maximum absolute atomic E-state index is 11.8. The van der Waals surface area contributed by atoms with Gasteiger partial charge in [0.05, 0.1) is 25.9 Å². The fourth-order valence-corrected chi connectivity index (χ4v) is 4.43. The molecule has 2 fully saturated rings. The zero-order chi connectivity index (χ0) is 18.5. The molecule has 0 radical (unpaired) electrons. The van der Waals surface area contributed by atoms with Crippen molar-refractivity contribution in [3.63, 3.8) is 0 Å². The molecule has 1 unspecified atom stereocenters. The number of halogens is 1. The van der Waals surface area contributed by atoms with Crippen molar-refractivity contribution in [1.29, 1.82) is 0 Å². The Bertz CT molecular complexity index is 610. The highest BCUT2D eigenvalue weighted by Gasteiger charge is 2.41. The van der Waals surface area contributed by atoms with Gasteiger partial charge in [0, 0.05) is 22.1 Å². The van der Waals surface area contributed by atoms with E-state index >= 15 is 0 Å². The molecule has 2 aliphatic rings. The highest BCUT2D eigenvalue weighted by atomic mass is 79.9. The van der Waals surface area contributed by atoms with E-state index in [0.29, 0.717) is 38.4 Å². The van der Waals surface area contributed by atoms with Crippen LogP contribution >= 0.6 is 15.9 Å². The molecule has 1 aromatic rings. The third-order valence-corrected chi connectivity index (χ3v) is 6.23. The molecule has 0 saturated carbocycles. The Morgan fingerprint density at radius 3 is 2.65 bits per heavy atom. The first-order valence-electron chi connectivity index (χ1n) is 9.49. The van der Waals surface area contributed by atoms with E-state index < -0.39 is 0 Å². The summed E-state index contributed by atoms with van der Waals surface area (Å²) in [5.74, 6) is 0.786. The van der Waals surface area contributed by atoms with E-state index in [9.17, 15) is 4.79 Å². The smallest absolute Gasteiger partial charge is 0.320 e. The van der Waals surface area contributed by atoms with Crippen LogP contribution < -0.4 is 4.74 Å². The Kier molecular flexibility index (Phi) is 6.95. The quantitative estimate of drug-likeness (QED) is 0.469. The summed E-state index contributed by atoms with van der Waals surface area (Å²) < 4.78 is 18.1. The predicted octanol–water partition coefficient (Wildman–Crippen LogP) is 3.71. The lowest BCUT2D eigenvalue weighted by atomic mass is 10.00. The number of hydrogen-bond acceptors (Lipinski definition) is 5. The number of rotatable bonds is 8. The van der Waals surface area contributed by atoms with Gasteiger partial charge in [-0.25, -0.2) is 0 Å². The Balaban J connectivity index is 1.41. The van der Waals surface area contributed by atoms with Gasteiger partial charge in [0.2, 0.25) is 0 Å². The Hall–Kier alpha value is -1.11. The highest BCUT2D eigenvalue weighted by molar-refractivity contribution is 9.10. The van der Waals surface area contributed by atoms with Crippen molar-refractivity contribution >= 4 is 21.9 Å². The van der Waals surface area contributed by atoms with Crippen molar-refractivity contribution in [2.45, 2.75) is 57.7 Å². The molecule has 0 spiro atoms. The fourth-order valence-electron chi connectivity index (χ4n) is 4.08. The predicted molar refractivity (Wildman–Crippen MR) is 103 cm³/mol. The standard InChI is InChI=1S/C20H28BrNO4/c1-3-24-20(23)13-22-15-7-8-16(22)12-17(11-15)25-9-10-26-19-6-4-5-18(21)14(19)2/h4-6,15-17H,3,7-13H2,1-2H3/t15-,16+,17?. The number of carbonyl (C=O) groups is 1. The second-order valence-electron chi connectivity index (χ2n) is 7.04. The monoisotopic (exact) mass is 425 g/mol. The van der Waals surface area contributed by atoms with Gasteiger partial charge in [-0.15, -0.1) is 0 Å². The molecule has 2 bridgehead atoms. The van der Waals surface area contributed by atoms with Crippen molar-refractivity contribution in [2.24, 2.45) is 0 Å². The number of esters is 1. The van der Waals surface area contributed by atoms with Crippen LogP contribution in [-0.4, -0.2) is 55.4 Å². The van der Waals surface area contributed by atoms with Gasteiger partial charge in [0.25, 0.3) is 0 Å². The van der Waals surface area contributed by atoms with Crippen molar-refractivity contribution < 1.29 is 19.0 Å². The number of nitrogens with zero attached hydrogens (tertiary/aromatic N) is 1. The molecule has 0 amide bonds. The van der Waals surface area contributed by atoms with Crippen molar-refractivity contribution in [1.82, 2.24) is 4.90 Å². The van der Waals surface area contributed by atoms with Crippen LogP contribution in [0.4, 0.5) is 0 Å². The number of fused-ring (bicyclic) bond motifs is 2. The summed E-state index contributed by atoms with van der Waals surface area (Å²) in [6.45, 7) is 5.90. The lowest BCUT2D eigenvalue weighted by Gasteiger charge is -2.38. The molecule has 0 N–H and O–H groups in total. The lowest BCUT2D eigenvalue weighted by molar-refractivity contribution is -0.146. The number of hydrogen-bond donors (Lipinski definition) is 0. The van der Waals surface area contributed by atoms with E-state index in [0.717, 1.165) is 41.5 Å². The molecule has 0 aromatic heterocycles. The minimum Gasteiger partial charge on any atom is -0.491 e. The molecule has 6 heteroatoms. The maximum Gasteiger partial charge on any atom is 0.320 e. The summed E-state index contributed by atoms with van der Waals surface area (Å²) in [7, 11) is 0.